The second-order valence-corrected chi connectivity index (χ2v) is 11.9. The normalized spacial score (nSPS) is 19.0. The SMILES string of the molecule is CSc1ccc2c(c1)N(CCN1CCCCC1)CCn1c-2c(C2CCCCC2)c2ccc(C(=O)O)cc21. The van der Waals surface area contributed by atoms with Crippen LogP contribution in [0, 0.1) is 0 Å². The van der Waals surface area contributed by atoms with Crippen molar-refractivity contribution in [2.45, 2.75) is 68.7 Å². The van der Waals surface area contributed by atoms with Crippen LogP contribution in [0.15, 0.2) is 41.3 Å². The Balaban J connectivity index is 1.49. The van der Waals surface area contributed by atoms with Crippen LogP contribution in [0.3, 0.4) is 0 Å². The highest BCUT2D eigenvalue weighted by molar-refractivity contribution is 7.98. The van der Waals surface area contributed by atoms with E-state index in [0.717, 1.165) is 31.7 Å². The minimum absolute atomic E-state index is 0.382. The van der Waals surface area contributed by atoms with E-state index in [9.17, 15) is 9.90 Å². The summed E-state index contributed by atoms with van der Waals surface area (Å²) in [6.45, 7) is 6.41. The van der Waals surface area contributed by atoms with Gasteiger partial charge in [0.05, 0.1) is 11.3 Å². The van der Waals surface area contributed by atoms with Crippen molar-refractivity contribution in [3.05, 3.63) is 47.5 Å². The van der Waals surface area contributed by atoms with Crippen molar-refractivity contribution in [3.8, 4) is 11.3 Å². The number of benzene rings is 2. The monoisotopic (exact) mass is 517 g/mol. The van der Waals surface area contributed by atoms with Crippen LogP contribution in [0.5, 0.6) is 0 Å². The van der Waals surface area contributed by atoms with Crippen LogP contribution in [0.1, 0.15) is 73.2 Å². The van der Waals surface area contributed by atoms with Crippen molar-refractivity contribution in [3.63, 3.8) is 0 Å². The Hall–Kier alpha value is -2.44. The summed E-state index contributed by atoms with van der Waals surface area (Å²) in [5.41, 5.74) is 6.94. The van der Waals surface area contributed by atoms with Gasteiger partial charge in [-0.2, -0.15) is 0 Å². The van der Waals surface area contributed by atoms with Crippen molar-refractivity contribution >= 4 is 34.3 Å². The van der Waals surface area contributed by atoms with Crippen LogP contribution in [-0.4, -0.2) is 59.5 Å². The molecule has 3 aromatic rings. The highest BCUT2D eigenvalue weighted by Crippen LogP contribution is 2.48. The minimum Gasteiger partial charge on any atom is -0.478 e. The third-order valence-corrected chi connectivity index (χ3v) is 9.62. The summed E-state index contributed by atoms with van der Waals surface area (Å²) in [5, 5.41) is 11.0. The molecular formula is C31H39N3O2S. The number of anilines is 1. The van der Waals surface area contributed by atoms with Crippen LogP contribution < -0.4 is 4.90 Å². The first kappa shape index (κ1) is 24.9. The van der Waals surface area contributed by atoms with Gasteiger partial charge in [-0.3, -0.25) is 0 Å². The lowest BCUT2D eigenvalue weighted by molar-refractivity contribution is 0.0697. The van der Waals surface area contributed by atoms with Gasteiger partial charge in [0.25, 0.3) is 0 Å². The average Bonchev–Trinajstić information content (AvgIpc) is 3.18. The molecule has 196 valence electrons. The van der Waals surface area contributed by atoms with Crippen molar-refractivity contribution in [1.82, 2.24) is 9.47 Å². The molecule has 1 saturated heterocycles. The molecule has 0 amide bonds. The Bertz CT molecular complexity index is 1290. The summed E-state index contributed by atoms with van der Waals surface area (Å²) in [6.07, 6.45) is 12.5. The zero-order valence-electron chi connectivity index (χ0n) is 22.0. The Labute approximate surface area is 224 Å². The maximum Gasteiger partial charge on any atom is 0.335 e. The molecule has 1 saturated carbocycles. The zero-order chi connectivity index (χ0) is 25.4. The van der Waals surface area contributed by atoms with Gasteiger partial charge in [0, 0.05) is 53.2 Å². The molecule has 3 aliphatic rings. The fraction of sp³-hybridized carbons (Fsp3) is 0.516. The van der Waals surface area contributed by atoms with E-state index in [4.69, 9.17) is 0 Å². The summed E-state index contributed by atoms with van der Waals surface area (Å²) in [4.78, 5) is 18.5. The molecule has 3 heterocycles. The molecule has 2 fully saturated rings. The topological polar surface area (TPSA) is 48.7 Å². The van der Waals surface area contributed by atoms with Gasteiger partial charge in [-0.25, -0.2) is 4.79 Å². The number of piperidine rings is 1. The number of hydrogen-bond donors (Lipinski definition) is 1. The molecule has 0 atom stereocenters. The molecule has 6 rings (SSSR count). The van der Waals surface area contributed by atoms with E-state index < -0.39 is 5.97 Å². The van der Waals surface area contributed by atoms with Crippen molar-refractivity contribution in [2.24, 2.45) is 0 Å². The summed E-state index contributed by atoms with van der Waals surface area (Å²) < 4.78 is 2.46. The predicted octanol–water partition coefficient (Wildman–Crippen LogP) is 7.08. The zero-order valence-corrected chi connectivity index (χ0v) is 22.9. The summed E-state index contributed by atoms with van der Waals surface area (Å²) in [5.74, 6) is -0.311. The number of carbonyl (C=O) groups is 1. The molecule has 0 radical (unpaired) electrons. The number of hydrogen-bond acceptors (Lipinski definition) is 4. The first-order valence-corrected chi connectivity index (χ1v) is 15.4. The van der Waals surface area contributed by atoms with Gasteiger partial charge in [0.2, 0.25) is 0 Å². The van der Waals surface area contributed by atoms with E-state index >= 15 is 0 Å². The number of fused-ring (bicyclic) bond motifs is 5. The highest BCUT2D eigenvalue weighted by Gasteiger charge is 2.31. The largest absolute Gasteiger partial charge is 0.478 e. The molecule has 0 spiro atoms. The van der Waals surface area contributed by atoms with Crippen LogP contribution in [0.4, 0.5) is 5.69 Å². The average molecular weight is 518 g/mol. The molecule has 2 aliphatic heterocycles. The first-order valence-electron chi connectivity index (χ1n) is 14.2. The molecule has 0 bridgehead atoms. The first-order chi connectivity index (χ1) is 18.1. The molecule has 1 aromatic heterocycles. The molecule has 6 heteroatoms. The van der Waals surface area contributed by atoms with Crippen LogP contribution in [0.2, 0.25) is 0 Å². The van der Waals surface area contributed by atoms with Gasteiger partial charge in [0.15, 0.2) is 0 Å². The van der Waals surface area contributed by atoms with Crippen molar-refractivity contribution in [1.29, 1.82) is 0 Å². The van der Waals surface area contributed by atoms with Gasteiger partial charge in [0.1, 0.15) is 0 Å². The van der Waals surface area contributed by atoms with E-state index in [1.54, 1.807) is 6.07 Å². The Kier molecular flexibility index (Phi) is 7.22. The summed E-state index contributed by atoms with van der Waals surface area (Å²) in [7, 11) is 0. The second-order valence-electron chi connectivity index (χ2n) is 11.1. The molecule has 1 aliphatic carbocycles. The quantitative estimate of drug-likeness (QED) is 0.354. The van der Waals surface area contributed by atoms with Gasteiger partial charge in [-0.15, -0.1) is 11.8 Å². The number of nitrogens with zero attached hydrogens (tertiary/aromatic N) is 3. The molecule has 37 heavy (non-hydrogen) atoms. The third-order valence-electron chi connectivity index (χ3n) is 8.89. The summed E-state index contributed by atoms with van der Waals surface area (Å²) >= 11 is 1.81. The fourth-order valence-electron chi connectivity index (χ4n) is 6.96. The number of likely N-dealkylation sites (tertiary alicyclic amines) is 1. The van der Waals surface area contributed by atoms with E-state index in [2.05, 4.69) is 44.9 Å². The molecule has 5 nitrogen and oxygen atoms in total. The Morgan fingerprint density at radius 1 is 0.919 bits per heavy atom. The lowest BCUT2D eigenvalue weighted by atomic mass is 9.81. The molecule has 2 aromatic carbocycles. The maximum atomic E-state index is 11.9. The molecule has 0 unspecified atom stereocenters. The fourth-order valence-corrected chi connectivity index (χ4v) is 7.39. The van der Waals surface area contributed by atoms with Crippen LogP contribution in [0.25, 0.3) is 22.2 Å². The maximum absolute atomic E-state index is 11.9. The lowest BCUT2D eigenvalue weighted by Crippen LogP contribution is -2.38. The van der Waals surface area contributed by atoms with E-state index in [1.165, 1.54) is 97.2 Å². The van der Waals surface area contributed by atoms with Gasteiger partial charge in [-0.05, 0) is 86.8 Å². The predicted molar refractivity (Wildman–Crippen MR) is 154 cm³/mol. The summed E-state index contributed by atoms with van der Waals surface area (Å²) in [6, 6.07) is 12.8. The standard InChI is InChI=1S/C31H39N3O2S/c1-37-24-11-13-26-27(21-24)33(17-16-32-14-6-3-7-15-32)18-19-34-28-20-23(31(35)36)10-12-25(28)29(30(26)34)22-8-4-2-5-9-22/h10-13,20-22H,2-9,14-19H2,1H3,(H,35,36). The number of rotatable bonds is 6. The Morgan fingerprint density at radius 3 is 2.46 bits per heavy atom. The molecule has 1 N–H and O–H groups in total. The van der Waals surface area contributed by atoms with Gasteiger partial charge < -0.3 is 19.5 Å². The molecular weight excluding hydrogens is 478 g/mol. The smallest absolute Gasteiger partial charge is 0.335 e. The van der Waals surface area contributed by atoms with Gasteiger partial charge in [-0.1, -0.05) is 31.7 Å². The highest BCUT2D eigenvalue weighted by atomic mass is 32.2. The van der Waals surface area contributed by atoms with E-state index in [-0.39, 0.29) is 0 Å². The number of carboxylic acid groups (broad SMARTS) is 1. The third kappa shape index (κ3) is 4.79. The van der Waals surface area contributed by atoms with E-state index in [1.807, 2.05) is 17.8 Å². The second kappa shape index (κ2) is 10.7. The lowest BCUT2D eigenvalue weighted by Gasteiger charge is -2.31. The van der Waals surface area contributed by atoms with Crippen molar-refractivity contribution in [2.75, 3.05) is 43.9 Å². The van der Waals surface area contributed by atoms with Crippen LogP contribution >= 0.6 is 11.8 Å². The number of carboxylic acids is 1. The number of aromatic carboxylic acids is 1. The van der Waals surface area contributed by atoms with Gasteiger partial charge >= 0.3 is 5.97 Å². The number of aromatic nitrogens is 1. The minimum atomic E-state index is -0.849. The Morgan fingerprint density at radius 2 is 1.70 bits per heavy atom. The number of thioether (sulfide) groups is 1. The van der Waals surface area contributed by atoms with Crippen molar-refractivity contribution < 1.29 is 9.90 Å². The van der Waals surface area contributed by atoms with E-state index in [0.29, 0.717) is 11.5 Å². The van der Waals surface area contributed by atoms with Crippen LogP contribution in [-0.2, 0) is 6.54 Å².